The maximum absolute atomic E-state index is 11.4. The zero-order valence-corrected chi connectivity index (χ0v) is 11.2. The quantitative estimate of drug-likeness (QED) is 0.607. The van der Waals surface area contributed by atoms with Crippen molar-refractivity contribution >= 4 is 31.7 Å². The van der Waals surface area contributed by atoms with Crippen LogP contribution in [0.5, 0.6) is 0 Å². The Hall–Kier alpha value is -1.51. The second kappa shape index (κ2) is 5.71. The molecule has 0 saturated heterocycles. The van der Waals surface area contributed by atoms with Crippen LogP contribution in [0.2, 0.25) is 0 Å². The molecular weight excluding hydrogens is 343 g/mol. The van der Waals surface area contributed by atoms with Crippen LogP contribution in [-0.2, 0) is 15.6 Å². The summed E-state index contributed by atoms with van der Waals surface area (Å²) in [5.74, 6) is -1.61. The van der Waals surface area contributed by atoms with Crippen molar-refractivity contribution in [1.82, 2.24) is 0 Å². The molecule has 0 aliphatic rings. The second-order valence-corrected chi connectivity index (χ2v) is 5.19. The highest BCUT2D eigenvalue weighted by Crippen LogP contribution is 2.27. The van der Waals surface area contributed by atoms with Crippen LogP contribution < -0.4 is 0 Å². The molecule has 0 aliphatic carbocycles. The summed E-state index contributed by atoms with van der Waals surface area (Å²) in [6.45, 7) is 0. The Morgan fingerprint density at radius 2 is 1.41 bits per heavy atom. The van der Waals surface area contributed by atoms with Crippen molar-refractivity contribution in [1.29, 1.82) is 0 Å². The van der Waals surface area contributed by atoms with Crippen LogP contribution in [-0.4, -0.2) is 26.2 Å². The lowest BCUT2D eigenvalue weighted by molar-refractivity contribution is 0.0596. The van der Waals surface area contributed by atoms with Crippen molar-refractivity contribution in [2.45, 2.75) is 0 Å². The topological polar surface area (TPSA) is 86.7 Å². The van der Waals surface area contributed by atoms with Crippen molar-refractivity contribution in [3.8, 4) is 0 Å². The molecule has 17 heavy (non-hydrogen) atoms. The van der Waals surface area contributed by atoms with E-state index in [4.69, 9.17) is 0 Å². The second-order valence-electron chi connectivity index (χ2n) is 2.87. The van der Waals surface area contributed by atoms with E-state index < -0.39 is 31.7 Å². The third-order valence-corrected chi connectivity index (χ3v) is 4.01. The monoisotopic (exact) mass is 352 g/mol. The molecule has 0 N–H and O–H groups in total. The van der Waals surface area contributed by atoms with Gasteiger partial charge in [-0.1, -0.05) is 6.07 Å². The first-order chi connectivity index (χ1) is 8.02. The van der Waals surface area contributed by atoms with Crippen molar-refractivity contribution in [3.63, 3.8) is 0 Å². The van der Waals surface area contributed by atoms with E-state index in [2.05, 4.69) is 9.47 Å². The highest BCUT2D eigenvalue weighted by molar-refractivity contribution is 14.2. The number of methoxy groups -OCH3 is 2. The van der Waals surface area contributed by atoms with Crippen molar-refractivity contribution in [3.05, 3.63) is 32.9 Å². The van der Waals surface area contributed by atoms with Crippen molar-refractivity contribution in [2.75, 3.05) is 14.2 Å². The number of esters is 2. The summed E-state index contributed by atoms with van der Waals surface area (Å²) >= 11 is -4.03. The fourth-order valence-electron chi connectivity index (χ4n) is 1.23. The number of ether oxygens (including phenoxy) is 2. The first-order valence-corrected chi connectivity index (χ1v) is 7.21. The van der Waals surface area contributed by atoms with Crippen molar-refractivity contribution < 1.29 is 25.2 Å². The Balaban J connectivity index is 3.53. The Morgan fingerprint density at radius 3 is 1.71 bits per heavy atom. The minimum atomic E-state index is -4.03. The normalized spacial score (nSPS) is 10.1. The molecule has 0 unspecified atom stereocenters. The summed E-state index contributed by atoms with van der Waals surface area (Å²) in [6, 6.07) is 3.96. The van der Waals surface area contributed by atoms with Gasteiger partial charge in [0, 0.05) is 0 Å². The van der Waals surface area contributed by atoms with E-state index in [1.165, 1.54) is 18.2 Å². The molecule has 6 nitrogen and oxygen atoms in total. The van der Waals surface area contributed by atoms with Gasteiger partial charge in [-0.3, -0.25) is 0 Å². The first-order valence-electron chi connectivity index (χ1n) is 4.37. The lowest BCUT2D eigenvalue weighted by Gasteiger charge is -2.05. The molecule has 0 fully saturated rings. The molecule has 0 amide bonds. The molecule has 0 atom stereocenters. The third kappa shape index (κ3) is 2.78. The smallest absolute Gasteiger partial charge is 0.342 e. The van der Waals surface area contributed by atoms with E-state index in [0.29, 0.717) is 0 Å². The number of hydrogen-bond acceptors (Lipinski definition) is 6. The summed E-state index contributed by atoms with van der Waals surface area (Å²) in [7, 11) is 2.26. The van der Waals surface area contributed by atoms with Gasteiger partial charge in [-0.15, -0.1) is 0 Å². The number of halogens is 1. The van der Waals surface area contributed by atoms with E-state index in [1.807, 2.05) is 0 Å². The van der Waals surface area contributed by atoms with Crippen molar-refractivity contribution in [2.24, 2.45) is 0 Å². The summed E-state index contributed by atoms with van der Waals surface area (Å²) < 4.78 is 31.0. The predicted octanol–water partition coefficient (Wildman–Crippen LogP) is 1.63. The van der Waals surface area contributed by atoms with Crippen LogP contribution in [0.1, 0.15) is 20.7 Å². The average molecular weight is 352 g/mol. The number of carbonyl (C=O) groups is 2. The van der Waals surface area contributed by atoms with Gasteiger partial charge >= 0.3 is 31.7 Å². The molecule has 1 rings (SSSR count). The number of rotatable bonds is 3. The van der Waals surface area contributed by atoms with E-state index in [9.17, 15) is 15.7 Å². The summed E-state index contributed by atoms with van der Waals surface area (Å²) in [4.78, 5) is 22.7. The molecule has 0 heterocycles. The minimum Gasteiger partial charge on any atom is -0.465 e. The van der Waals surface area contributed by atoms with E-state index >= 15 is 0 Å². The van der Waals surface area contributed by atoms with Gasteiger partial charge < -0.3 is 9.47 Å². The van der Waals surface area contributed by atoms with Gasteiger partial charge in [-0.05, 0) is 12.1 Å². The molecule has 0 aliphatic heterocycles. The molecule has 0 radical (unpaired) electrons. The summed E-state index contributed by atoms with van der Waals surface area (Å²) in [5.41, 5.74) is -0.295. The molecule has 0 saturated carbocycles. The predicted molar refractivity (Wildman–Crippen MR) is 63.2 cm³/mol. The number of benzene rings is 1. The van der Waals surface area contributed by atoms with Gasteiger partial charge in [0.05, 0.1) is 25.3 Å². The van der Waals surface area contributed by atoms with Gasteiger partial charge in [0.15, 0.2) is 0 Å². The lowest BCUT2D eigenvalue weighted by atomic mass is 10.1. The van der Waals surface area contributed by atoms with Gasteiger partial charge in [-0.25, -0.2) is 15.7 Å². The standard InChI is InChI=1S/C10H9IO6/c1-16-9(12)6-4-3-5-7(10(13)17-2)8(6)11(14)15/h3-5H,1-2H3. The number of hydrogen-bond donors (Lipinski definition) is 0. The lowest BCUT2D eigenvalue weighted by Crippen LogP contribution is -2.10. The molecule has 0 spiro atoms. The van der Waals surface area contributed by atoms with Crippen LogP contribution in [0.15, 0.2) is 18.2 Å². The van der Waals surface area contributed by atoms with Crippen LogP contribution in [0.3, 0.4) is 0 Å². The average Bonchev–Trinajstić information content (AvgIpc) is 2.35. The molecule has 0 aromatic heterocycles. The zero-order chi connectivity index (χ0) is 13.0. The Kier molecular flexibility index (Phi) is 4.55. The fraction of sp³-hybridized carbons (Fsp3) is 0.200. The Morgan fingerprint density at radius 1 is 1.00 bits per heavy atom. The van der Waals surface area contributed by atoms with Crippen LogP contribution in [0.4, 0.5) is 0 Å². The molecule has 92 valence electrons. The van der Waals surface area contributed by atoms with Gasteiger partial charge in [0.25, 0.3) is 0 Å². The Bertz CT molecular complexity index is 489. The Labute approximate surface area is 104 Å². The third-order valence-electron chi connectivity index (χ3n) is 1.96. The summed E-state index contributed by atoms with van der Waals surface area (Å²) in [5, 5.41) is 0. The minimum absolute atomic E-state index is 0.148. The van der Waals surface area contributed by atoms with Gasteiger partial charge in [0.1, 0.15) is 3.57 Å². The van der Waals surface area contributed by atoms with E-state index in [1.54, 1.807) is 0 Å². The van der Waals surface area contributed by atoms with E-state index in [0.717, 1.165) is 14.2 Å². The highest BCUT2D eigenvalue weighted by atomic mass is 127. The van der Waals surface area contributed by atoms with Crippen LogP contribution in [0.25, 0.3) is 0 Å². The van der Waals surface area contributed by atoms with Gasteiger partial charge in [-0.2, -0.15) is 0 Å². The maximum atomic E-state index is 11.4. The molecule has 7 heteroatoms. The highest BCUT2D eigenvalue weighted by Gasteiger charge is 2.23. The largest absolute Gasteiger partial charge is 0.465 e. The SMILES string of the molecule is COC(=O)c1cccc(C(=O)OC)c1I(=O)=O. The van der Waals surface area contributed by atoms with E-state index in [-0.39, 0.29) is 14.7 Å². The molecular formula is C10H9IO6. The van der Waals surface area contributed by atoms with Crippen LogP contribution in [0, 0.1) is 3.57 Å². The number of carbonyl (C=O) groups excluding carboxylic acids is 2. The first kappa shape index (κ1) is 13.6. The van der Waals surface area contributed by atoms with Crippen LogP contribution >= 0.6 is 19.8 Å². The molecule has 1 aromatic rings. The maximum Gasteiger partial charge on any atom is 0.342 e. The summed E-state index contributed by atoms with van der Waals surface area (Å²) in [6.07, 6.45) is 0. The van der Waals surface area contributed by atoms with Gasteiger partial charge in [0.2, 0.25) is 0 Å². The molecule has 1 aromatic carbocycles. The molecule has 0 bridgehead atoms. The zero-order valence-electron chi connectivity index (χ0n) is 9.06. The fourth-order valence-corrected chi connectivity index (χ4v) is 2.98.